The third kappa shape index (κ3) is 4.91. The number of rotatable bonds is 8. The molecule has 1 aromatic heterocycles. The molecule has 160 valence electrons. The molecule has 3 rings (SSSR count). The molecule has 0 saturated carbocycles. The van der Waals surface area contributed by atoms with Crippen LogP contribution >= 0.6 is 11.3 Å². The highest BCUT2D eigenvalue weighted by molar-refractivity contribution is 7.90. The zero-order valence-corrected chi connectivity index (χ0v) is 18.8. The number of carbonyl (C=O) groups excluding carboxylic acids is 1. The standard InChI is InChI=1S/C21H24N2O5S2/c1-4-5-6-15-7-12-18-19(13-15)29-21(23(18)14-20(24)28-3)22-30(25,26)17-10-8-16(27-2)9-11-17/h7-13H,4-6,14H2,1-3H3. The predicted molar refractivity (Wildman–Crippen MR) is 116 cm³/mol. The lowest BCUT2D eigenvalue weighted by Gasteiger charge is -2.05. The number of aryl methyl sites for hydroxylation is 1. The smallest absolute Gasteiger partial charge is 0.325 e. The Labute approximate surface area is 179 Å². The lowest BCUT2D eigenvalue weighted by Crippen LogP contribution is -2.22. The van der Waals surface area contributed by atoms with Gasteiger partial charge in [0.15, 0.2) is 0 Å². The van der Waals surface area contributed by atoms with Crippen LogP contribution in [0.2, 0.25) is 0 Å². The van der Waals surface area contributed by atoms with Gasteiger partial charge >= 0.3 is 5.97 Å². The van der Waals surface area contributed by atoms with E-state index in [1.165, 1.54) is 43.3 Å². The van der Waals surface area contributed by atoms with Crippen molar-refractivity contribution in [2.24, 2.45) is 4.40 Å². The second kappa shape index (κ2) is 9.44. The summed E-state index contributed by atoms with van der Waals surface area (Å²) in [6.07, 6.45) is 3.10. The molecule has 0 radical (unpaired) electrons. The first-order valence-corrected chi connectivity index (χ1v) is 11.8. The molecule has 0 N–H and O–H groups in total. The second-order valence-electron chi connectivity index (χ2n) is 6.69. The molecule has 0 amide bonds. The average molecular weight is 449 g/mol. The fourth-order valence-electron chi connectivity index (χ4n) is 2.97. The van der Waals surface area contributed by atoms with Gasteiger partial charge in [-0.1, -0.05) is 30.7 Å². The van der Waals surface area contributed by atoms with E-state index < -0.39 is 16.0 Å². The largest absolute Gasteiger partial charge is 0.497 e. The van der Waals surface area contributed by atoms with E-state index in [4.69, 9.17) is 9.47 Å². The molecule has 0 fully saturated rings. The number of ether oxygens (including phenoxy) is 2. The first-order chi connectivity index (χ1) is 14.4. The summed E-state index contributed by atoms with van der Waals surface area (Å²) < 4.78 is 42.1. The minimum absolute atomic E-state index is 0.0500. The van der Waals surface area contributed by atoms with Crippen LogP contribution in [0, 0.1) is 0 Å². The van der Waals surface area contributed by atoms with E-state index >= 15 is 0 Å². The number of carbonyl (C=O) groups is 1. The van der Waals surface area contributed by atoms with Crippen molar-refractivity contribution in [3.8, 4) is 5.75 Å². The summed E-state index contributed by atoms with van der Waals surface area (Å²) in [7, 11) is -1.16. The number of sulfonamides is 1. The molecule has 0 saturated heterocycles. The minimum atomic E-state index is -3.97. The first-order valence-electron chi connectivity index (χ1n) is 9.52. The summed E-state index contributed by atoms with van der Waals surface area (Å²) in [5.74, 6) is 0.0734. The van der Waals surface area contributed by atoms with Crippen molar-refractivity contribution in [3.63, 3.8) is 0 Å². The summed E-state index contributed by atoms with van der Waals surface area (Å²) in [5.41, 5.74) is 1.91. The van der Waals surface area contributed by atoms with Gasteiger partial charge in [-0.15, -0.1) is 4.40 Å². The Morgan fingerprint density at radius 1 is 1.13 bits per heavy atom. The second-order valence-corrected chi connectivity index (χ2v) is 9.31. The van der Waals surface area contributed by atoms with Crippen molar-refractivity contribution < 1.29 is 22.7 Å². The quantitative estimate of drug-likeness (QED) is 0.492. The summed E-state index contributed by atoms with van der Waals surface area (Å²) in [5, 5.41) is 0. The highest BCUT2D eigenvalue weighted by atomic mass is 32.2. The zero-order valence-electron chi connectivity index (χ0n) is 17.1. The topological polar surface area (TPSA) is 87.0 Å². The molecule has 0 aliphatic carbocycles. The molecule has 9 heteroatoms. The molecule has 0 spiro atoms. The Bertz CT molecular complexity index is 1210. The number of nitrogens with zero attached hydrogens (tertiary/aromatic N) is 2. The minimum Gasteiger partial charge on any atom is -0.497 e. The molecule has 7 nitrogen and oxygen atoms in total. The van der Waals surface area contributed by atoms with Crippen LogP contribution in [-0.4, -0.2) is 33.2 Å². The van der Waals surface area contributed by atoms with Gasteiger partial charge in [0.05, 0.1) is 29.3 Å². The van der Waals surface area contributed by atoms with Crippen LogP contribution in [0.4, 0.5) is 0 Å². The lowest BCUT2D eigenvalue weighted by atomic mass is 10.1. The van der Waals surface area contributed by atoms with E-state index in [-0.39, 0.29) is 16.2 Å². The van der Waals surface area contributed by atoms with Gasteiger partial charge in [-0.25, -0.2) is 0 Å². The number of fused-ring (bicyclic) bond motifs is 1. The van der Waals surface area contributed by atoms with Gasteiger partial charge in [0.25, 0.3) is 10.0 Å². The van der Waals surface area contributed by atoms with Gasteiger partial charge in [0, 0.05) is 0 Å². The van der Waals surface area contributed by atoms with Gasteiger partial charge in [-0.2, -0.15) is 8.42 Å². The predicted octanol–water partition coefficient (Wildman–Crippen LogP) is 3.52. The number of hydrogen-bond donors (Lipinski definition) is 0. The number of methoxy groups -OCH3 is 2. The van der Waals surface area contributed by atoms with Gasteiger partial charge < -0.3 is 14.0 Å². The number of aromatic nitrogens is 1. The van der Waals surface area contributed by atoms with Crippen molar-refractivity contribution >= 4 is 37.5 Å². The molecule has 2 aromatic carbocycles. The highest BCUT2D eigenvalue weighted by Gasteiger charge is 2.17. The first kappa shape index (κ1) is 22.0. The van der Waals surface area contributed by atoms with Gasteiger partial charge in [-0.05, 0) is 54.8 Å². The fourth-order valence-corrected chi connectivity index (χ4v) is 5.27. The summed E-state index contributed by atoms with van der Waals surface area (Å²) in [6, 6.07) is 11.9. The number of thiazole rings is 1. The molecule has 0 unspecified atom stereocenters. The van der Waals surface area contributed by atoms with Crippen molar-refractivity contribution in [2.75, 3.05) is 14.2 Å². The summed E-state index contributed by atoms with van der Waals surface area (Å²) >= 11 is 1.24. The van der Waals surface area contributed by atoms with E-state index in [1.807, 2.05) is 18.2 Å². The van der Waals surface area contributed by atoms with Crippen LogP contribution in [0.15, 0.2) is 51.8 Å². The maximum atomic E-state index is 12.9. The Kier molecular flexibility index (Phi) is 6.94. The van der Waals surface area contributed by atoms with Gasteiger partial charge in [-0.3, -0.25) is 4.79 Å². The SMILES string of the molecule is CCCCc1ccc2c(c1)sc(=NS(=O)(=O)c1ccc(OC)cc1)n2CC(=O)OC. The Hall–Kier alpha value is -2.65. The fraction of sp³-hybridized carbons (Fsp3) is 0.333. The normalized spacial score (nSPS) is 12.3. The molecule has 30 heavy (non-hydrogen) atoms. The Balaban J connectivity index is 2.13. The van der Waals surface area contributed by atoms with Crippen LogP contribution in [0.1, 0.15) is 25.3 Å². The molecule has 0 bridgehead atoms. The summed E-state index contributed by atoms with van der Waals surface area (Å²) in [4.78, 5) is 12.2. The van der Waals surface area contributed by atoms with Gasteiger partial charge in [0.1, 0.15) is 12.3 Å². The number of hydrogen-bond acceptors (Lipinski definition) is 6. The average Bonchev–Trinajstić information content (AvgIpc) is 3.07. The number of benzene rings is 2. The lowest BCUT2D eigenvalue weighted by molar-refractivity contribution is -0.141. The van der Waals surface area contributed by atoms with Crippen molar-refractivity contribution in [2.45, 2.75) is 37.6 Å². The molecular weight excluding hydrogens is 424 g/mol. The van der Waals surface area contributed by atoms with Crippen molar-refractivity contribution in [1.82, 2.24) is 4.57 Å². The van der Waals surface area contributed by atoms with Crippen LogP contribution in [0.25, 0.3) is 10.2 Å². The van der Waals surface area contributed by atoms with E-state index in [2.05, 4.69) is 11.3 Å². The molecule has 1 heterocycles. The third-order valence-corrected chi connectivity index (χ3v) is 7.07. The molecule has 0 aliphatic heterocycles. The Morgan fingerprint density at radius 3 is 2.50 bits per heavy atom. The number of unbranched alkanes of at least 4 members (excludes halogenated alkanes) is 1. The van der Waals surface area contributed by atoms with E-state index in [1.54, 1.807) is 16.7 Å². The maximum absolute atomic E-state index is 12.9. The van der Waals surface area contributed by atoms with E-state index in [0.717, 1.165) is 29.5 Å². The maximum Gasteiger partial charge on any atom is 0.325 e. The Morgan fingerprint density at radius 2 is 1.87 bits per heavy atom. The molecule has 3 aromatic rings. The van der Waals surface area contributed by atoms with Crippen LogP contribution in [-0.2, 0) is 32.5 Å². The van der Waals surface area contributed by atoms with Crippen molar-refractivity contribution in [3.05, 3.63) is 52.8 Å². The molecule has 0 atom stereocenters. The summed E-state index contributed by atoms with van der Waals surface area (Å²) in [6.45, 7) is 2.01. The van der Waals surface area contributed by atoms with E-state index in [9.17, 15) is 13.2 Å². The van der Waals surface area contributed by atoms with Crippen molar-refractivity contribution in [1.29, 1.82) is 0 Å². The molecular formula is C21H24N2O5S2. The monoisotopic (exact) mass is 448 g/mol. The zero-order chi connectivity index (χ0) is 21.7. The third-order valence-electron chi connectivity index (χ3n) is 4.64. The molecule has 0 aliphatic rings. The van der Waals surface area contributed by atoms with Crippen LogP contribution in [0.5, 0.6) is 5.75 Å². The number of esters is 1. The van der Waals surface area contributed by atoms with Gasteiger partial charge in [0.2, 0.25) is 4.80 Å². The van der Waals surface area contributed by atoms with Crippen LogP contribution < -0.4 is 9.54 Å². The van der Waals surface area contributed by atoms with Crippen LogP contribution in [0.3, 0.4) is 0 Å². The van der Waals surface area contributed by atoms with E-state index in [0.29, 0.717) is 5.75 Å². The highest BCUT2D eigenvalue weighted by Crippen LogP contribution is 2.22.